The van der Waals surface area contributed by atoms with Crippen LogP contribution in [0.2, 0.25) is 0 Å². The van der Waals surface area contributed by atoms with Gasteiger partial charge in [0.1, 0.15) is 0 Å². The Morgan fingerprint density at radius 1 is 1.14 bits per heavy atom. The molecule has 0 unspecified atom stereocenters. The van der Waals surface area contributed by atoms with E-state index < -0.39 is 0 Å². The molecule has 0 saturated carbocycles. The highest BCUT2D eigenvalue weighted by atomic mass is 16.2. The van der Waals surface area contributed by atoms with Gasteiger partial charge in [0.2, 0.25) is 5.82 Å². The number of pyridine rings is 2. The summed E-state index contributed by atoms with van der Waals surface area (Å²) in [6, 6.07) is 11.0. The van der Waals surface area contributed by atoms with E-state index in [4.69, 9.17) is 0 Å². The highest BCUT2D eigenvalue weighted by Gasteiger charge is 2.27. The van der Waals surface area contributed by atoms with Gasteiger partial charge in [0.15, 0.2) is 5.69 Å². The molecule has 28 heavy (non-hydrogen) atoms. The van der Waals surface area contributed by atoms with Gasteiger partial charge in [-0.1, -0.05) is 19.1 Å². The van der Waals surface area contributed by atoms with Gasteiger partial charge in [-0.25, -0.2) is 4.98 Å². The summed E-state index contributed by atoms with van der Waals surface area (Å²) in [5.74, 6) is 0.472. The van der Waals surface area contributed by atoms with Crippen molar-refractivity contribution in [3.8, 4) is 0 Å². The average Bonchev–Trinajstić information content (AvgIpc) is 3.13. The predicted octanol–water partition coefficient (Wildman–Crippen LogP) is 2.53. The maximum Gasteiger partial charge on any atom is 0.290 e. The lowest BCUT2D eigenvalue weighted by atomic mass is 9.99. The van der Waals surface area contributed by atoms with Crippen molar-refractivity contribution in [3.05, 3.63) is 66.0 Å². The fourth-order valence-corrected chi connectivity index (χ4v) is 3.47. The fourth-order valence-electron chi connectivity index (χ4n) is 3.47. The van der Waals surface area contributed by atoms with E-state index in [-0.39, 0.29) is 23.3 Å². The van der Waals surface area contributed by atoms with Crippen LogP contribution in [0.5, 0.6) is 0 Å². The minimum atomic E-state index is -0.319. The van der Waals surface area contributed by atoms with Gasteiger partial charge in [-0.2, -0.15) is 0 Å². The third-order valence-electron chi connectivity index (χ3n) is 5.18. The summed E-state index contributed by atoms with van der Waals surface area (Å²) in [5, 5.41) is 2.84. The summed E-state index contributed by atoms with van der Waals surface area (Å²) in [6.45, 7) is 3.96. The van der Waals surface area contributed by atoms with Gasteiger partial charge < -0.3 is 10.2 Å². The summed E-state index contributed by atoms with van der Waals surface area (Å²) in [7, 11) is 0. The zero-order chi connectivity index (χ0) is 19.5. The summed E-state index contributed by atoms with van der Waals surface area (Å²) in [5.41, 5.74) is 1.64. The Bertz CT molecular complexity index is 990. The normalized spacial score (nSPS) is 15.0. The van der Waals surface area contributed by atoms with Crippen LogP contribution in [-0.4, -0.2) is 44.2 Å². The smallest absolute Gasteiger partial charge is 0.290 e. The Labute approximate surface area is 163 Å². The number of nitrogens with zero attached hydrogens (tertiary/aromatic N) is 4. The second-order valence-electron chi connectivity index (χ2n) is 7.22. The molecular formula is C21H23N5O2. The quantitative estimate of drug-likeness (QED) is 0.758. The first-order valence-electron chi connectivity index (χ1n) is 9.58. The lowest BCUT2D eigenvalue weighted by Crippen LogP contribution is -2.38. The Morgan fingerprint density at radius 3 is 2.68 bits per heavy atom. The van der Waals surface area contributed by atoms with Gasteiger partial charge in [0.25, 0.3) is 11.8 Å². The van der Waals surface area contributed by atoms with E-state index in [2.05, 4.69) is 22.2 Å². The number of carbonyl (C=O) groups excluding carboxylic acids is 2. The van der Waals surface area contributed by atoms with Crippen LogP contribution in [0.25, 0.3) is 5.52 Å². The van der Waals surface area contributed by atoms with E-state index in [1.807, 2.05) is 35.2 Å². The van der Waals surface area contributed by atoms with Gasteiger partial charge in [-0.15, -0.1) is 0 Å². The molecule has 0 radical (unpaired) electrons. The van der Waals surface area contributed by atoms with Gasteiger partial charge in [-0.05, 0) is 43.0 Å². The molecule has 0 aromatic carbocycles. The zero-order valence-electron chi connectivity index (χ0n) is 15.8. The number of hydrogen-bond acceptors (Lipinski definition) is 4. The van der Waals surface area contributed by atoms with Crippen LogP contribution in [0.4, 0.5) is 0 Å². The maximum absolute atomic E-state index is 13.0. The lowest BCUT2D eigenvalue weighted by molar-refractivity contribution is 0.0684. The number of piperidine rings is 1. The molecule has 0 aliphatic carbocycles. The molecule has 144 valence electrons. The van der Waals surface area contributed by atoms with Crippen LogP contribution in [0.15, 0.2) is 48.8 Å². The Balaban J connectivity index is 1.59. The van der Waals surface area contributed by atoms with Crippen LogP contribution in [0.1, 0.15) is 46.6 Å². The topological polar surface area (TPSA) is 79.6 Å². The van der Waals surface area contributed by atoms with Crippen LogP contribution < -0.4 is 5.32 Å². The molecule has 0 bridgehead atoms. The molecule has 2 amide bonds. The van der Waals surface area contributed by atoms with E-state index in [1.165, 1.54) is 0 Å². The largest absolute Gasteiger partial charge is 0.345 e. The summed E-state index contributed by atoms with van der Waals surface area (Å²) >= 11 is 0. The van der Waals surface area contributed by atoms with Crippen molar-refractivity contribution in [2.45, 2.75) is 26.3 Å². The molecule has 1 N–H and O–H groups in total. The van der Waals surface area contributed by atoms with Crippen molar-refractivity contribution < 1.29 is 9.59 Å². The fraction of sp³-hybridized carbons (Fsp3) is 0.333. The predicted molar refractivity (Wildman–Crippen MR) is 105 cm³/mol. The van der Waals surface area contributed by atoms with E-state index in [9.17, 15) is 9.59 Å². The number of likely N-dealkylation sites (tertiary alicyclic amines) is 1. The molecule has 1 aliphatic rings. The zero-order valence-corrected chi connectivity index (χ0v) is 15.8. The molecule has 4 heterocycles. The third-order valence-corrected chi connectivity index (χ3v) is 5.18. The van der Waals surface area contributed by atoms with Gasteiger partial charge in [0, 0.05) is 25.5 Å². The highest BCUT2D eigenvalue weighted by molar-refractivity contribution is 6.02. The SMILES string of the molecule is CC1CCN(C(=O)c2nc(C(=O)NCc3ccccn3)c3ccccn23)CC1. The van der Waals surface area contributed by atoms with Crippen LogP contribution in [0.3, 0.4) is 0 Å². The number of nitrogens with one attached hydrogen (secondary N) is 1. The number of imidazole rings is 1. The van der Waals surface area contributed by atoms with Gasteiger partial charge in [0.05, 0.1) is 17.8 Å². The van der Waals surface area contributed by atoms with Crippen LogP contribution >= 0.6 is 0 Å². The standard InChI is InChI=1S/C21H23N5O2/c1-15-8-12-25(13-9-15)21(28)19-24-18(17-7-3-5-11-26(17)19)20(27)23-14-16-6-2-4-10-22-16/h2-7,10-11,15H,8-9,12-14H2,1H3,(H,23,27). The van der Waals surface area contributed by atoms with Crippen molar-refractivity contribution in [1.29, 1.82) is 0 Å². The van der Waals surface area contributed by atoms with Crippen molar-refractivity contribution in [3.63, 3.8) is 0 Å². The molecule has 1 aliphatic heterocycles. The molecule has 7 nitrogen and oxygen atoms in total. The molecule has 3 aromatic heterocycles. The number of carbonyl (C=O) groups is 2. The summed E-state index contributed by atoms with van der Waals surface area (Å²) < 4.78 is 1.70. The first-order valence-corrected chi connectivity index (χ1v) is 9.58. The molecule has 1 saturated heterocycles. The van der Waals surface area contributed by atoms with E-state index in [1.54, 1.807) is 22.9 Å². The molecule has 1 fully saturated rings. The highest BCUT2D eigenvalue weighted by Crippen LogP contribution is 2.20. The Morgan fingerprint density at radius 2 is 1.93 bits per heavy atom. The van der Waals surface area contributed by atoms with E-state index in [0.717, 1.165) is 31.6 Å². The Kier molecular flexibility index (Phi) is 5.06. The summed E-state index contributed by atoms with van der Waals surface area (Å²) in [6.07, 6.45) is 5.44. The third kappa shape index (κ3) is 3.60. The van der Waals surface area contributed by atoms with Crippen molar-refractivity contribution in [1.82, 2.24) is 24.6 Å². The molecule has 7 heteroatoms. The number of hydrogen-bond donors (Lipinski definition) is 1. The summed E-state index contributed by atoms with van der Waals surface area (Å²) in [4.78, 5) is 36.3. The molecular weight excluding hydrogens is 354 g/mol. The first-order chi connectivity index (χ1) is 13.6. The molecule has 3 aromatic rings. The second-order valence-corrected chi connectivity index (χ2v) is 7.22. The van der Waals surface area contributed by atoms with Crippen molar-refractivity contribution in [2.75, 3.05) is 13.1 Å². The molecule has 4 rings (SSSR count). The van der Waals surface area contributed by atoms with Crippen LogP contribution in [-0.2, 0) is 6.54 Å². The van der Waals surface area contributed by atoms with Gasteiger partial charge in [-0.3, -0.25) is 19.0 Å². The monoisotopic (exact) mass is 377 g/mol. The van der Waals surface area contributed by atoms with Crippen molar-refractivity contribution >= 4 is 17.3 Å². The molecule has 0 atom stereocenters. The van der Waals surface area contributed by atoms with Crippen molar-refractivity contribution in [2.24, 2.45) is 5.92 Å². The number of fused-ring (bicyclic) bond motifs is 1. The molecule has 0 spiro atoms. The maximum atomic E-state index is 13.0. The number of aromatic nitrogens is 3. The van der Waals surface area contributed by atoms with E-state index in [0.29, 0.717) is 18.0 Å². The number of rotatable bonds is 4. The van der Waals surface area contributed by atoms with Crippen LogP contribution in [0, 0.1) is 5.92 Å². The Hall–Kier alpha value is -3.22. The first kappa shape index (κ1) is 18.2. The number of amides is 2. The minimum absolute atomic E-state index is 0.128. The lowest BCUT2D eigenvalue weighted by Gasteiger charge is -2.29. The minimum Gasteiger partial charge on any atom is -0.345 e. The van der Waals surface area contributed by atoms with Gasteiger partial charge >= 0.3 is 0 Å². The average molecular weight is 377 g/mol. The second kappa shape index (κ2) is 7.80. The van der Waals surface area contributed by atoms with E-state index >= 15 is 0 Å².